The molecule has 1 aliphatic heterocycles. The number of benzene rings is 1. The van der Waals surface area contributed by atoms with Crippen LogP contribution >= 0.6 is 0 Å². The average Bonchev–Trinajstić information content (AvgIpc) is 2.43. The van der Waals surface area contributed by atoms with Crippen LogP contribution in [-0.4, -0.2) is 37.3 Å². The van der Waals surface area contributed by atoms with E-state index in [9.17, 15) is 22.0 Å². The highest BCUT2D eigenvalue weighted by Crippen LogP contribution is 2.33. The Morgan fingerprint density at radius 3 is 2.43 bits per heavy atom. The summed E-state index contributed by atoms with van der Waals surface area (Å²) in [6.45, 7) is 2.27. The third kappa shape index (κ3) is 4.64. The fourth-order valence-electron chi connectivity index (χ4n) is 2.60. The van der Waals surface area contributed by atoms with Gasteiger partial charge in [-0.05, 0) is 24.6 Å². The molecule has 1 atom stereocenters. The van der Waals surface area contributed by atoms with Crippen LogP contribution in [0.2, 0.25) is 0 Å². The van der Waals surface area contributed by atoms with E-state index in [0.29, 0.717) is 26.2 Å². The molecular formula is C14H17F5N2. The van der Waals surface area contributed by atoms with Crippen molar-refractivity contribution in [3.05, 3.63) is 35.4 Å². The summed E-state index contributed by atoms with van der Waals surface area (Å²) in [5.41, 5.74) is 0.00106. The first kappa shape index (κ1) is 16.2. The summed E-state index contributed by atoms with van der Waals surface area (Å²) in [6, 6.07) is 2.17. The maximum atomic E-state index is 13.9. The molecule has 0 radical (unpaired) electrons. The molecule has 1 aromatic rings. The minimum atomic E-state index is -4.31. The molecule has 0 amide bonds. The molecule has 0 saturated carbocycles. The SMILES string of the molecule is Fc1ccc(F)c([C@H](CCC(F)(F)F)N2CCNCC2)c1. The number of hydrogen-bond donors (Lipinski definition) is 1. The third-order valence-electron chi connectivity index (χ3n) is 3.61. The van der Waals surface area contributed by atoms with Crippen molar-refractivity contribution in [2.75, 3.05) is 26.2 Å². The summed E-state index contributed by atoms with van der Waals surface area (Å²) < 4.78 is 64.7. The largest absolute Gasteiger partial charge is 0.389 e. The zero-order valence-corrected chi connectivity index (χ0v) is 11.4. The Bertz CT molecular complexity index is 469. The maximum absolute atomic E-state index is 13.9. The summed E-state index contributed by atoms with van der Waals surface area (Å²) >= 11 is 0. The molecule has 1 aliphatic rings. The number of rotatable bonds is 4. The Kier molecular flexibility index (Phi) is 5.16. The van der Waals surface area contributed by atoms with E-state index in [1.807, 2.05) is 0 Å². The van der Waals surface area contributed by atoms with Crippen molar-refractivity contribution in [3.63, 3.8) is 0 Å². The van der Waals surface area contributed by atoms with Gasteiger partial charge >= 0.3 is 6.18 Å². The van der Waals surface area contributed by atoms with Crippen molar-refractivity contribution >= 4 is 0 Å². The van der Waals surface area contributed by atoms with E-state index in [2.05, 4.69) is 5.32 Å². The van der Waals surface area contributed by atoms with Crippen LogP contribution in [0.4, 0.5) is 22.0 Å². The van der Waals surface area contributed by atoms with Gasteiger partial charge in [-0.25, -0.2) is 8.78 Å². The van der Waals surface area contributed by atoms with Gasteiger partial charge in [0.05, 0.1) is 0 Å². The molecule has 0 aromatic heterocycles. The molecule has 0 spiro atoms. The lowest BCUT2D eigenvalue weighted by Crippen LogP contribution is -2.45. The van der Waals surface area contributed by atoms with Crippen LogP contribution < -0.4 is 5.32 Å². The highest BCUT2D eigenvalue weighted by molar-refractivity contribution is 5.22. The second-order valence-electron chi connectivity index (χ2n) is 5.12. The van der Waals surface area contributed by atoms with Crippen molar-refractivity contribution in [3.8, 4) is 0 Å². The average molecular weight is 308 g/mol. The first-order chi connectivity index (χ1) is 9.87. The fraction of sp³-hybridized carbons (Fsp3) is 0.571. The van der Waals surface area contributed by atoms with Crippen molar-refractivity contribution in [1.29, 1.82) is 0 Å². The molecule has 1 N–H and O–H groups in total. The molecule has 1 aromatic carbocycles. The van der Waals surface area contributed by atoms with Crippen LogP contribution in [0.25, 0.3) is 0 Å². The predicted octanol–water partition coefficient (Wildman–Crippen LogP) is 3.25. The van der Waals surface area contributed by atoms with E-state index in [0.717, 1.165) is 18.2 Å². The zero-order chi connectivity index (χ0) is 15.5. The van der Waals surface area contributed by atoms with Crippen LogP contribution in [0.1, 0.15) is 24.4 Å². The van der Waals surface area contributed by atoms with E-state index >= 15 is 0 Å². The number of halogens is 5. The smallest absolute Gasteiger partial charge is 0.314 e. The quantitative estimate of drug-likeness (QED) is 0.859. The molecule has 0 aliphatic carbocycles. The van der Waals surface area contributed by atoms with E-state index in [-0.39, 0.29) is 12.0 Å². The Morgan fingerprint density at radius 1 is 1.14 bits per heavy atom. The normalized spacial score (nSPS) is 18.7. The van der Waals surface area contributed by atoms with Gasteiger partial charge in [0.15, 0.2) is 0 Å². The lowest BCUT2D eigenvalue weighted by atomic mass is 9.98. The first-order valence-electron chi connectivity index (χ1n) is 6.83. The molecular weight excluding hydrogens is 291 g/mol. The highest BCUT2D eigenvalue weighted by Gasteiger charge is 2.32. The lowest BCUT2D eigenvalue weighted by Gasteiger charge is -2.35. The first-order valence-corrected chi connectivity index (χ1v) is 6.83. The number of alkyl halides is 3. The Balaban J connectivity index is 2.23. The zero-order valence-electron chi connectivity index (χ0n) is 11.4. The van der Waals surface area contributed by atoms with Crippen molar-refractivity contribution < 1.29 is 22.0 Å². The predicted molar refractivity (Wildman–Crippen MR) is 68.8 cm³/mol. The minimum Gasteiger partial charge on any atom is -0.314 e. The summed E-state index contributed by atoms with van der Waals surface area (Å²) in [5.74, 6) is -1.30. The van der Waals surface area contributed by atoms with Crippen LogP contribution in [0, 0.1) is 11.6 Å². The number of piperazine rings is 1. The standard InChI is InChI=1S/C14H17F5N2/c15-10-1-2-12(16)11(9-10)13(3-4-14(17,18)19)21-7-5-20-6-8-21/h1-2,9,13,20H,3-8H2/t13-/m0/s1. The lowest BCUT2D eigenvalue weighted by molar-refractivity contribution is -0.138. The minimum absolute atomic E-state index is 0.00106. The molecule has 7 heteroatoms. The highest BCUT2D eigenvalue weighted by atomic mass is 19.4. The summed E-state index contributed by atoms with van der Waals surface area (Å²) in [5, 5.41) is 3.09. The Hall–Kier alpha value is -1.21. The second kappa shape index (κ2) is 6.70. The van der Waals surface area contributed by atoms with Crippen LogP contribution in [0.15, 0.2) is 18.2 Å². The van der Waals surface area contributed by atoms with E-state index in [1.54, 1.807) is 4.90 Å². The molecule has 0 unspecified atom stereocenters. The fourth-order valence-corrected chi connectivity index (χ4v) is 2.60. The molecule has 2 rings (SSSR count). The molecule has 0 bridgehead atoms. The topological polar surface area (TPSA) is 15.3 Å². The number of nitrogens with one attached hydrogen (secondary N) is 1. The molecule has 21 heavy (non-hydrogen) atoms. The summed E-state index contributed by atoms with van der Waals surface area (Å²) in [7, 11) is 0. The molecule has 1 heterocycles. The van der Waals surface area contributed by atoms with Gasteiger partial charge in [-0.2, -0.15) is 13.2 Å². The molecule has 1 saturated heterocycles. The van der Waals surface area contributed by atoms with Gasteiger partial charge in [-0.1, -0.05) is 0 Å². The van der Waals surface area contributed by atoms with Crippen molar-refractivity contribution in [2.24, 2.45) is 0 Å². The second-order valence-corrected chi connectivity index (χ2v) is 5.12. The van der Waals surface area contributed by atoms with Crippen LogP contribution in [-0.2, 0) is 0 Å². The maximum Gasteiger partial charge on any atom is 0.389 e. The molecule has 1 fully saturated rings. The van der Waals surface area contributed by atoms with Crippen LogP contribution in [0.5, 0.6) is 0 Å². The van der Waals surface area contributed by atoms with Gasteiger partial charge in [0.25, 0.3) is 0 Å². The van der Waals surface area contributed by atoms with E-state index in [1.165, 1.54) is 0 Å². The monoisotopic (exact) mass is 308 g/mol. The van der Waals surface area contributed by atoms with Crippen molar-refractivity contribution in [2.45, 2.75) is 25.1 Å². The molecule has 118 valence electrons. The Labute approximate surface area is 119 Å². The third-order valence-corrected chi connectivity index (χ3v) is 3.61. The summed E-state index contributed by atoms with van der Waals surface area (Å²) in [6.07, 6.45) is -5.60. The van der Waals surface area contributed by atoms with Gasteiger partial charge < -0.3 is 5.32 Å². The van der Waals surface area contributed by atoms with Gasteiger partial charge in [0.1, 0.15) is 11.6 Å². The van der Waals surface area contributed by atoms with E-state index in [4.69, 9.17) is 0 Å². The Morgan fingerprint density at radius 2 is 1.81 bits per heavy atom. The van der Waals surface area contributed by atoms with Gasteiger partial charge in [-0.3, -0.25) is 4.90 Å². The molecule has 2 nitrogen and oxygen atoms in total. The van der Waals surface area contributed by atoms with Gasteiger partial charge in [0, 0.05) is 44.2 Å². The number of nitrogens with zero attached hydrogens (tertiary/aromatic N) is 1. The number of hydrogen-bond acceptors (Lipinski definition) is 2. The van der Waals surface area contributed by atoms with Gasteiger partial charge in [-0.15, -0.1) is 0 Å². The van der Waals surface area contributed by atoms with Crippen molar-refractivity contribution in [1.82, 2.24) is 10.2 Å². The summed E-state index contributed by atoms with van der Waals surface area (Å²) in [4.78, 5) is 1.78. The van der Waals surface area contributed by atoms with Crippen LogP contribution in [0.3, 0.4) is 0 Å². The van der Waals surface area contributed by atoms with E-state index < -0.39 is 30.3 Å². The van der Waals surface area contributed by atoms with Gasteiger partial charge in [0.2, 0.25) is 0 Å².